The Morgan fingerprint density at radius 2 is 2.00 bits per heavy atom. The summed E-state index contributed by atoms with van der Waals surface area (Å²) in [7, 11) is 0. The number of rotatable bonds is 2. The molecule has 0 N–H and O–H groups in total. The number of carbonyl (C=O) groups is 1. The fraction of sp³-hybridized carbons (Fsp3) is 0.278. The third kappa shape index (κ3) is 3.10. The van der Waals surface area contributed by atoms with Gasteiger partial charge in [0.15, 0.2) is 5.65 Å². The van der Waals surface area contributed by atoms with Crippen LogP contribution in [0, 0.1) is 0 Å². The van der Waals surface area contributed by atoms with Crippen molar-refractivity contribution < 1.29 is 4.79 Å². The van der Waals surface area contributed by atoms with Gasteiger partial charge in [0.1, 0.15) is 5.82 Å². The second-order valence-electron chi connectivity index (χ2n) is 6.21. The number of fused-ring (bicyclic) bond motifs is 1. The molecular weight excluding hydrogens is 359 g/mol. The van der Waals surface area contributed by atoms with Crippen molar-refractivity contribution in [1.29, 1.82) is 0 Å². The first-order valence-corrected chi connectivity index (χ1v) is 8.93. The van der Waals surface area contributed by atoms with E-state index in [-0.39, 0.29) is 11.8 Å². The molecule has 0 spiro atoms. The molecule has 5 nitrogen and oxygen atoms in total. The number of aromatic nitrogens is 3. The maximum atomic E-state index is 12.8. The van der Waals surface area contributed by atoms with Gasteiger partial charge in [0.25, 0.3) is 5.91 Å². The van der Waals surface area contributed by atoms with Crippen molar-refractivity contribution >= 4 is 34.8 Å². The Balaban J connectivity index is 1.58. The number of likely N-dealkylation sites (tertiary alicyclic amines) is 1. The van der Waals surface area contributed by atoms with Gasteiger partial charge in [-0.25, -0.2) is 0 Å². The van der Waals surface area contributed by atoms with Crippen LogP contribution in [0.1, 0.15) is 34.9 Å². The van der Waals surface area contributed by atoms with Crippen LogP contribution >= 0.6 is 23.2 Å². The third-order valence-corrected chi connectivity index (χ3v) is 5.32. The van der Waals surface area contributed by atoms with E-state index in [1.54, 1.807) is 18.2 Å². The molecule has 0 bridgehead atoms. The average molecular weight is 375 g/mol. The number of pyridine rings is 1. The monoisotopic (exact) mass is 374 g/mol. The van der Waals surface area contributed by atoms with E-state index in [9.17, 15) is 4.79 Å². The molecule has 0 saturated carbocycles. The molecule has 0 unspecified atom stereocenters. The Kier molecular flexibility index (Phi) is 4.36. The van der Waals surface area contributed by atoms with Crippen LogP contribution < -0.4 is 0 Å². The zero-order valence-corrected chi connectivity index (χ0v) is 14.9. The predicted molar refractivity (Wildman–Crippen MR) is 97.3 cm³/mol. The maximum absolute atomic E-state index is 12.8. The summed E-state index contributed by atoms with van der Waals surface area (Å²) < 4.78 is 2.00. The topological polar surface area (TPSA) is 50.5 Å². The summed E-state index contributed by atoms with van der Waals surface area (Å²) >= 11 is 12.0. The lowest BCUT2D eigenvalue weighted by Crippen LogP contribution is -2.39. The second-order valence-corrected chi connectivity index (χ2v) is 7.02. The Hall–Kier alpha value is -2.11. The van der Waals surface area contributed by atoms with E-state index < -0.39 is 0 Å². The van der Waals surface area contributed by atoms with Crippen LogP contribution in [0.5, 0.6) is 0 Å². The van der Waals surface area contributed by atoms with Gasteiger partial charge < -0.3 is 4.90 Å². The van der Waals surface area contributed by atoms with E-state index in [0.717, 1.165) is 30.9 Å². The second kappa shape index (κ2) is 6.65. The Morgan fingerprint density at radius 1 is 1.12 bits per heavy atom. The van der Waals surface area contributed by atoms with Gasteiger partial charge in [-0.3, -0.25) is 9.20 Å². The van der Waals surface area contributed by atoms with Crippen LogP contribution in [0.25, 0.3) is 5.65 Å². The summed E-state index contributed by atoms with van der Waals surface area (Å²) in [6.45, 7) is 1.35. The molecule has 1 fully saturated rings. The van der Waals surface area contributed by atoms with Crippen LogP contribution in [-0.4, -0.2) is 38.5 Å². The van der Waals surface area contributed by atoms with Gasteiger partial charge in [0.05, 0.1) is 10.0 Å². The van der Waals surface area contributed by atoms with E-state index >= 15 is 0 Å². The number of hydrogen-bond acceptors (Lipinski definition) is 3. The largest absolute Gasteiger partial charge is 0.338 e. The summed E-state index contributed by atoms with van der Waals surface area (Å²) in [6.07, 6.45) is 3.88. The zero-order chi connectivity index (χ0) is 17.4. The van der Waals surface area contributed by atoms with Crippen LogP contribution in [0.3, 0.4) is 0 Å². The Bertz CT molecular complexity index is 940. The van der Waals surface area contributed by atoms with Gasteiger partial charge >= 0.3 is 0 Å². The van der Waals surface area contributed by atoms with Crippen molar-refractivity contribution in [2.75, 3.05) is 13.1 Å². The predicted octanol–water partition coefficient (Wildman–Crippen LogP) is 4.06. The first kappa shape index (κ1) is 16.4. The first-order chi connectivity index (χ1) is 12.1. The van der Waals surface area contributed by atoms with Gasteiger partial charge in [-0.05, 0) is 43.2 Å². The molecule has 1 aliphatic heterocycles. The summed E-state index contributed by atoms with van der Waals surface area (Å²) in [4.78, 5) is 14.7. The van der Waals surface area contributed by atoms with Crippen molar-refractivity contribution in [3.8, 4) is 0 Å². The van der Waals surface area contributed by atoms with Crippen LogP contribution in [-0.2, 0) is 0 Å². The molecule has 4 rings (SSSR count). The number of piperidine rings is 1. The van der Waals surface area contributed by atoms with Gasteiger partial charge in [-0.2, -0.15) is 0 Å². The molecule has 128 valence electrons. The highest BCUT2D eigenvalue weighted by molar-refractivity contribution is 6.42. The van der Waals surface area contributed by atoms with Crippen molar-refractivity contribution in [3.05, 3.63) is 64.0 Å². The number of nitrogens with zero attached hydrogens (tertiary/aromatic N) is 4. The first-order valence-electron chi connectivity index (χ1n) is 8.17. The number of benzene rings is 1. The fourth-order valence-corrected chi connectivity index (χ4v) is 3.62. The lowest BCUT2D eigenvalue weighted by molar-refractivity contribution is 0.0704. The van der Waals surface area contributed by atoms with Gasteiger partial charge in [0, 0.05) is 30.8 Å². The van der Waals surface area contributed by atoms with Crippen LogP contribution in [0.15, 0.2) is 42.6 Å². The molecule has 1 amide bonds. The molecule has 0 radical (unpaired) electrons. The van der Waals surface area contributed by atoms with E-state index in [0.29, 0.717) is 22.2 Å². The molecule has 2 aromatic heterocycles. The average Bonchev–Trinajstić information content (AvgIpc) is 3.08. The summed E-state index contributed by atoms with van der Waals surface area (Å²) in [5.41, 5.74) is 1.38. The summed E-state index contributed by atoms with van der Waals surface area (Å²) in [6, 6.07) is 10.8. The standard InChI is InChI=1S/C18H16Cl2N4O/c19-14-7-6-12(10-15(14)20)18(25)23-8-3-4-13(11-23)17-22-21-16-5-1-2-9-24(16)17/h1-2,5-7,9-10,13H,3-4,8,11H2/t13-/m0/s1. The number of carbonyl (C=O) groups excluding carboxylic acids is 1. The van der Waals surface area contributed by atoms with E-state index in [1.165, 1.54) is 0 Å². The molecule has 3 heterocycles. The Morgan fingerprint density at radius 3 is 2.84 bits per heavy atom. The van der Waals surface area contributed by atoms with E-state index in [1.807, 2.05) is 33.7 Å². The quantitative estimate of drug-likeness (QED) is 0.679. The van der Waals surface area contributed by atoms with Crippen LogP contribution in [0.2, 0.25) is 10.0 Å². The van der Waals surface area contributed by atoms with Crippen molar-refractivity contribution in [2.24, 2.45) is 0 Å². The molecular formula is C18H16Cl2N4O. The normalized spacial score (nSPS) is 17.8. The van der Waals surface area contributed by atoms with Crippen molar-refractivity contribution in [1.82, 2.24) is 19.5 Å². The van der Waals surface area contributed by atoms with Gasteiger partial charge in [0.2, 0.25) is 0 Å². The van der Waals surface area contributed by atoms with Gasteiger partial charge in [-0.1, -0.05) is 29.3 Å². The zero-order valence-electron chi connectivity index (χ0n) is 13.4. The molecule has 25 heavy (non-hydrogen) atoms. The van der Waals surface area contributed by atoms with Gasteiger partial charge in [-0.15, -0.1) is 10.2 Å². The minimum atomic E-state index is -0.0305. The Labute approximate surface area is 155 Å². The third-order valence-electron chi connectivity index (χ3n) is 4.58. The number of hydrogen-bond donors (Lipinski definition) is 0. The molecule has 3 aromatic rings. The van der Waals surface area contributed by atoms with Crippen molar-refractivity contribution in [2.45, 2.75) is 18.8 Å². The van der Waals surface area contributed by atoms with Crippen LogP contribution in [0.4, 0.5) is 0 Å². The van der Waals surface area contributed by atoms with E-state index in [2.05, 4.69) is 10.2 Å². The smallest absolute Gasteiger partial charge is 0.253 e. The summed E-state index contributed by atoms with van der Waals surface area (Å²) in [5, 5.41) is 9.41. The number of amides is 1. The van der Waals surface area contributed by atoms with E-state index in [4.69, 9.17) is 23.2 Å². The maximum Gasteiger partial charge on any atom is 0.253 e. The number of halogens is 2. The molecule has 1 aromatic carbocycles. The minimum absolute atomic E-state index is 0.0305. The molecule has 1 atom stereocenters. The highest BCUT2D eigenvalue weighted by atomic mass is 35.5. The lowest BCUT2D eigenvalue weighted by Gasteiger charge is -2.32. The molecule has 1 saturated heterocycles. The minimum Gasteiger partial charge on any atom is -0.338 e. The fourth-order valence-electron chi connectivity index (χ4n) is 3.32. The summed E-state index contributed by atoms with van der Waals surface area (Å²) in [5.74, 6) is 1.04. The highest BCUT2D eigenvalue weighted by Crippen LogP contribution is 2.28. The molecule has 7 heteroatoms. The highest BCUT2D eigenvalue weighted by Gasteiger charge is 2.28. The molecule has 1 aliphatic rings. The molecule has 0 aliphatic carbocycles. The van der Waals surface area contributed by atoms with Crippen molar-refractivity contribution in [3.63, 3.8) is 0 Å². The lowest BCUT2D eigenvalue weighted by atomic mass is 9.96. The SMILES string of the molecule is O=C(c1ccc(Cl)c(Cl)c1)N1CCC[C@H](c2nnc3ccccn23)C1.